The Hall–Kier alpha value is -3.34. The maximum atomic E-state index is 13.0. The Kier molecular flexibility index (Phi) is 6.17. The van der Waals surface area contributed by atoms with Crippen LogP contribution in [-0.2, 0) is 4.79 Å². The van der Waals surface area contributed by atoms with Gasteiger partial charge in [-0.3, -0.25) is 4.79 Å². The number of aromatic nitrogens is 2. The number of carbonyl (C=O) groups is 2. The molecule has 2 fully saturated rings. The van der Waals surface area contributed by atoms with Gasteiger partial charge in [0.25, 0.3) is 5.91 Å². The largest absolute Gasteiger partial charge is 0.415 e. The summed E-state index contributed by atoms with van der Waals surface area (Å²) < 4.78 is 18.5. The van der Waals surface area contributed by atoms with Gasteiger partial charge in [0.15, 0.2) is 10.9 Å². The van der Waals surface area contributed by atoms with Crippen molar-refractivity contribution >= 4 is 41.0 Å². The van der Waals surface area contributed by atoms with Gasteiger partial charge in [-0.1, -0.05) is 13.8 Å². The number of ether oxygens (including phenoxy) is 1. The third kappa shape index (κ3) is 4.47. The van der Waals surface area contributed by atoms with Gasteiger partial charge in [-0.15, -0.1) is 0 Å². The molecule has 2 aromatic rings. The summed E-state index contributed by atoms with van der Waals surface area (Å²) in [6, 6.07) is 5.77. The molecule has 1 atom stereocenters. The first-order valence-corrected chi connectivity index (χ1v) is 10.7. The zero-order valence-electron chi connectivity index (χ0n) is 17.7. The van der Waals surface area contributed by atoms with Gasteiger partial charge in [0, 0.05) is 26.2 Å². The maximum Gasteiger partial charge on any atom is 0.415 e. The molecule has 4 heterocycles. The predicted octanol–water partition coefficient (Wildman–Crippen LogP) is 2.18. The minimum Gasteiger partial charge on any atom is -0.409 e. The van der Waals surface area contributed by atoms with Crippen molar-refractivity contribution in [2.45, 2.75) is 19.9 Å². The second-order valence-electron chi connectivity index (χ2n) is 7.87. The van der Waals surface area contributed by atoms with Gasteiger partial charge in [0.05, 0.1) is 12.4 Å². The lowest BCUT2D eigenvalue weighted by molar-refractivity contribution is -0.119. The van der Waals surface area contributed by atoms with E-state index in [1.807, 2.05) is 18.7 Å². The van der Waals surface area contributed by atoms with Crippen LogP contribution >= 0.6 is 12.2 Å². The lowest BCUT2D eigenvalue weighted by atomic mass is 10.1. The summed E-state index contributed by atoms with van der Waals surface area (Å²) >= 11 is 5.27. The monoisotopic (exact) mass is 458 g/mol. The van der Waals surface area contributed by atoms with Crippen molar-refractivity contribution in [2.24, 2.45) is 5.92 Å². The first kappa shape index (κ1) is 21.9. The minimum atomic E-state index is -0.486. The van der Waals surface area contributed by atoms with E-state index in [4.69, 9.17) is 17.0 Å². The molecule has 11 heteroatoms. The first-order chi connectivity index (χ1) is 15.3. The number of carbonyl (C=O) groups excluding carboxylic acids is 2. The number of anilines is 2. The Morgan fingerprint density at radius 1 is 1.12 bits per heavy atom. The van der Waals surface area contributed by atoms with Gasteiger partial charge >= 0.3 is 6.09 Å². The highest BCUT2D eigenvalue weighted by atomic mass is 32.1. The number of halogens is 1. The van der Waals surface area contributed by atoms with E-state index >= 15 is 0 Å². The van der Waals surface area contributed by atoms with Crippen LogP contribution < -0.4 is 19.9 Å². The number of rotatable bonds is 4. The molecule has 9 nitrogen and oxygen atoms in total. The summed E-state index contributed by atoms with van der Waals surface area (Å²) in [5.74, 6) is 0.856. The molecule has 1 N–H and O–H groups in total. The maximum absolute atomic E-state index is 13.0. The molecule has 0 aromatic carbocycles. The van der Waals surface area contributed by atoms with Crippen LogP contribution in [0.1, 0.15) is 13.8 Å². The summed E-state index contributed by atoms with van der Waals surface area (Å²) in [6.07, 6.45) is 2.08. The highest BCUT2D eigenvalue weighted by Gasteiger charge is 2.38. The molecular weight excluding hydrogens is 435 g/mol. The average molecular weight is 459 g/mol. The number of pyridine rings is 2. The van der Waals surface area contributed by atoms with Crippen LogP contribution in [0, 0.1) is 11.7 Å². The van der Waals surface area contributed by atoms with E-state index in [1.54, 1.807) is 23.1 Å². The molecular formula is C21H23FN6O3S. The molecule has 0 radical (unpaired) electrons. The third-order valence-electron chi connectivity index (χ3n) is 5.36. The van der Waals surface area contributed by atoms with E-state index < -0.39 is 6.09 Å². The van der Waals surface area contributed by atoms with Crippen LogP contribution in [0.5, 0.6) is 5.75 Å². The number of hydrogen-bond acceptors (Lipinski definition) is 7. The van der Waals surface area contributed by atoms with Crippen molar-refractivity contribution in [1.82, 2.24) is 20.2 Å². The van der Waals surface area contributed by atoms with Gasteiger partial charge in [-0.2, -0.15) is 0 Å². The van der Waals surface area contributed by atoms with Crippen molar-refractivity contribution in [1.29, 1.82) is 0 Å². The summed E-state index contributed by atoms with van der Waals surface area (Å²) in [5.41, 5.74) is 0. The predicted molar refractivity (Wildman–Crippen MR) is 120 cm³/mol. The van der Waals surface area contributed by atoms with Crippen molar-refractivity contribution in [3.8, 4) is 5.75 Å². The molecule has 32 heavy (non-hydrogen) atoms. The third-order valence-corrected chi connectivity index (χ3v) is 5.66. The lowest BCUT2D eigenvalue weighted by Crippen LogP contribution is -2.49. The number of nitrogens with zero attached hydrogens (tertiary/aromatic N) is 5. The average Bonchev–Trinajstić information content (AvgIpc) is 3.09. The second-order valence-corrected chi connectivity index (χ2v) is 8.26. The highest BCUT2D eigenvalue weighted by molar-refractivity contribution is 7.80. The quantitative estimate of drug-likeness (QED) is 0.698. The summed E-state index contributed by atoms with van der Waals surface area (Å²) in [6.45, 7) is 5.89. The zero-order chi connectivity index (χ0) is 22.8. The number of hydrogen-bond donors (Lipinski definition) is 1. The Morgan fingerprint density at radius 3 is 2.38 bits per heavy atom. The van der Waals surface area contributed by atoms with Gasteiger partial charge in [0.1, 0.15) is 23.5 Å². The molecule has 2 saturated heterocycles. The van der Waals surface area contributed by atoms with Crippen molar-refractivity contribution < 1.29 is 18.7 Å². The number of thiocarbonyl (C=S) groups is 1. The normalized spacial score (nSPS) is 18.9. The number of nitrogens with one attached hydrogen (secondary N) is 1. The fourth-order valence-electron chi connectivity index (χ4n) is 3.57. The van der Waals surface area contributed by atoms with E-state index in [9.17, 15) is 14.0 Å². The Labute approximate surface area is 190 Å². The van der Waals surface area contributed by atoms with E-state index in [0.29, 0.717) is 42.9 Å². The zero-order valence-corrected chi connectivity index (χ0v) is 18.5. The van der Waals surface area contributed by atoms with Crippen LogP contribution in [0.15, 0.2) is 36.7 Å². The molecule has 2 aliphatic heterocycles. The standard InChI is InChI=1S/C21H23FN6O3S/c1-13(2)18-19(29)28(20(32)25-18)17-6-4-15(12-24-17)31-21(30)27-9-7-26(8-10-27)16-5-3-14(22)11-23-16/h3-6,11-13,18H,7-10H2,1-2H3,(H,25,32). The molecule has 1 unspecified atom stereocenters. The molecule has 0 spiro atoms. The SMILES string of the molecule is CC(C)C1NC(=S)N(c2ccc(OC(=O)N3CCN(c4ccc(F)cn4)CC3)cn2)C1=O. The Balaban J connectivity index is 1.33. The number of piperazine rings is 1. The molecule has 2 aliphatic rings. The molecule has 0 aliphatic carbocycles. The van der Waals surface area contributed by atoms with E-state index in [1.165, 1.54) is 23.4 Å². The summed E-state index contributed by atoms with van der Waals surface area (Å²) in [7, 11) is 0. The van der Waals surface area contributed by atoms with Crippen molar-refractivity contribution in [3.05, 3.63) is 42.5 Å². The van der Waals surface area contributed by atoms with E-state index in [-0.39, 0.29) is 29.4 Å². The minimum absolute atomic E-state index is 0.0879. The fourth-order valence-corrected chi connectivity index (χ4v) is 3.88. The second kappa shape index (κ2) is 9.03. The van der Waals surface area contributed by atoms with E-state index in [2.05, 4.69) is 15.3 Å². The summed E-state index contributed by atoms with van der Waals surface area (Å²) in [4.78, 5) is 38.3. The van der Waals surface area contributed by atoms with Crippen LogP contribution in [0.4, 0.5) is 20.8 Å². The van der Waals surface area contributed by atoms with Crippen LogP contribution in [-0.4, -0.2) is 64.2 Å². The van der Waals surface area contributed by atoms with Crippen molar-refractivity contribution in [3.63, 3.8) is 0 Å². The Bertz CT molecular complexity index is 1010. The molecule has 4 rings (SSSR count). The van der Waals surface area contributed by atoms with Crippen molar-refractivity contribution in [2.75, 3.05) is 36.0 Å². The van der Waals surface area contributed by atoms with Gasteiger partial charge in [0.2, 0.25) is 0 Å². The van der Waals surface area contributed by atoms with Crippen LogP contribution in [0.25, 0.3) is 0 Å². The molecule has 2 aromatic heterocycles. The van der Waals surface area contributed by atoms with Crippen LogP contribution in [0.3, 0.4) is 0 Å². The van der Waals surface area contributed by atoms with Gasteiger partial charge in [-0.05, 0) is 42.4 Å². The van der Waals surface area contributed by atoms with Crippen LogP contribution in [0.2, 0.25) is 0 Å². The topological polar surface area (TPSA) is 90.9 Å². The fraction of sp³-hybridized carbons (Fsp3) is 0.381. The lowest BCUT2D eigenvalue weighted by Gasteiger charge is -2.34. The number of amides is 2. The first-order valence-electron chi connectivity index (χ1n) is 10.3. The Morgan fingerprint density at radius 2 is 1.81 bits per heavy atom. The van der Waals surface area contributed by atoms with Gasteiger partial charge < -0.3 is 19.9 Å². The molecule has 0 saturated carbocycles. The van der Waals surface area contributed by atoms with E-state index in [0.717, 1.165) is 0 Å². The molecule has 168 valence electrons. The molecule has 2 amide bonds. The smallest absolute Gasteiger partial charge is 0.409 e. The summed E-state index contributed by atoms with van der Waals surface area (Å²) in [5, 5.41) is 3.31. The molecule has 0 bridgehead atoms. The highest BCUT2D eigenvalue weighted by Crippen LogP contribution is 2.23. The van der Waals surface area contributed by atoms with Gasteiger partial charge in [-0.25, -0.2) is 24.1 Å².